The van der Waals surface area contributed by atoms with Crippen molar-refractivity contribution >= 4 is 32.9 Å². The number of rotatable bonds is 9. The fourth-order valence-electron chi connectivity index (χ4n) is 1.70. The highest BCUT2D eigenvalue weighted by atomic mass is 32.9. The van der Waals surface area contributed by atoms with E-state index in [4.69, 9.17) is 18.1 Å². The van der Waals surface area contributed by atoms with Gasteiger partial charge in [-0.2, -0.15) is 16.8 Å². The first-order chi connectivity index (χ1) is 10.4. The molecule has 5 nitrogen and oxygen atoms in total. The van der Waals surface area contributed by atoms with E-state index in [0.717, 1.165) is 37.4 Å². The van der Waals surface area contributed by atoms with Crippen LogP contribution in [0.1, 0.15) is 24.8 Å². The number of benzene rings is 1. The molecule has 0 aliphatic rings. The van der Waals surface area contributed by atoms with Crippen LogP contribution in [0.15, 0.2) is 24.3 Å². The van der Waals surface area contributed by atoms with Crippen LogP contribution in [0, 0.1) is 0 Å². The summed E-state index contributed by atoms with van der Waals surface area (Å²) in [7, 11) is -2.13. The normalized spacial score (nSPS) is 10.7. The highest BCUT2D eigenvalue weighted by molar-refractivity contribution is 8.26. The third-order valence-electron chi connectivity index (χ3n) is 2.74. The SMILES string of the molecule is COc1ccc(CCCCNCCCS)cc1.O=S(O)(O)=S. The van der Waals surface area contributed by atoms with Gasteiger partial charge in [0.2, 0.25) is 0 Å². The van der Waals surface area contributed by atoms with Crippen LogP contribution in [0.5, 0.6) is 5.75 Å². The minimum Gasteiger partial charge on any atom is -0.497 e. The van der Waals surface area contributed by atoms with Crippen LogP contribution < -0.4 is 10.1 Å². The summed E-state index contributed by atoms with van der Waals surface area (Å²) in [6, 6.07) is 8.35. The Kier molecular flexibility index (Phi) is 12.9. The number of ether oxygens (including phenoxy) is 1. The zero-order valence-electron chi connectivity index (χ0n) is 12.7. The van der Waals surface area contributed by atoms with Gasteiger partial charge >= 0.3 is 0 Å². The molecule has 8 heteroatoms. The molecule has 0 aliphatic carbocycles. The molecular formula is C14H25NO4S3. The van der Waals surface area contributed by atoms with Crippen LogP contribution in [0.25, 0.3) is 0 Å². The highest BCUT2D eigenvalue weighted by Gasteiger charge is 1.95. The summed E-state index contributed by atoms with van der Waals surface area (Å²) in [6.45, 7) is 2.20. The number of nitrogens with one attached hydrogen (secondary N) is 1. The van der Waals surface area contributed by atoms with E-state index < -0.39 is 9.05 Å². The first-order valence-electron chi connectivity index (χ1n) is 7.01. The molecule has 128 valence electrons. The number of hydrogen-bond donors (Lipinski definition) is 4. The predicted octanol–water partition coefficient (Wildman–Crippen LogP) is 2.61. The van der Waals surface area contributed by atoms with Gasteiger partial charge in [-0.25, -0.2) is 0 Å². The number of aryl methyl sites for hydroxylation is 1. The Morgan fingerprint density at radius 1 is 1.18 bits per heavy atom. The maximum Gasteiger partial charge on any atom is 0.263 e. The fourth-order valence-corrected chi connectivity index (χ4v) is 1.86. The standard InChI is InChI=1S/C14H23NOS.H2O3S2/c1-16-14-8-6-13(7-9-14)5-2-3-10-15-11-4-12-17;1-5(2,3)4/h6-9,15,17H,2-5,10-12H2,1H3;(H2,1,2,3,4). The lowest BCUT2D eigenvalue weighted by Crippen LogP contribution is -2.17. The van der Waals surface area contributed by atoms with Gasteiger partial charge in [-0.1, -0.05) is 12.1 Å². The van der Waals surface area contributed by atoms with Gasteiger partial charge in [0.05, 0.1) is 7.11 Å². The van der Waals surface area contributed by atoms with Crippen molar-refractivity contribution in [2.75, 3.05) is 26.0 Å². The average molecular weight is 368 g/mol. The van der Waals surface area contributed by atoms with Gasteiger partial charge in [0, 0.05) is 11.2 Å². The van der Waals surface area contributed by atoms with Crippen molar-refractivity contribution in [3.05, 3.63) is 29.8 Å². The minimum atomic E-state index is -3.83. The molecule has 0 aromatic heterocycles. The monoisotopic (exact) mass is 367 g/mol. The summed E-state index contributed by atoms with van der Waals surface area (Å²) in [5.41, 5.74) is 1.39. The smallest absolute Gasteiger partial charge is 0.263 e. The molecule has 0 saturated heterocycles. The van der Waals surface area contributed by atoms with E-state index in [0.29, 0.717) is 0 Å². The Morgan fingerprint density at radius 2 is 1.73 bits per heavy atom. The van der Waals surface area contributed by atoms with Crippen molar-refractivity contribution in [1.82, 2.24) is 5.32 Å². The van der Waals surface area contributed by atoms with Crippen molar-refractivity contribution in [1.29, 1.82) is 0 Å². The van der Waals surface area contributed by atoms with Crippen LogP contribution >= 0.6 is 12.6 Å². The zero-order chi connectivity index (χ0) is 16.8. The highest BCUT2D eigenvalue weighted by Crippen LogP contribution is 2.12. The molecule has 0 amide bonds. The molecular weight excluding hydrogens is 342 g/mol. The first-order valence-corrected chi connectivity index (χ1v) is 10.0. The van der Waals surface area contributed by atoms with Crippen molar-refractivity contribution in [2.24, 2.45) is 0 Å². The molecule has 0 fully saturated rings. The van der Waals surface area contributed by atoms with Gasteiger partial charge in [-0.05, 0) is 62.2 Å². The summed E-state index contributed by atoms with van der Waals surface area (Å²) in [5, 5.41) is 3.42. The van der Waals surface area contributed by atoms with Crippen LogP contribution in [-0.4, -0.2) is 39.3 Å². The molecule has 0 bridgehead atoms. The van der Waals surface area contributed by atoms with Crippen LogP contribution in [0.4, 0.5) is 0 Å². The summed E-state index contributed by atoms with van der Waals surface area (Å²) in [5.74, 6) is 1.90. The Bertz CT molecular complexity index is 469. The van der Waals surface area contributed by atoms with Gasteiger partial charge < -0.3 is 10.1 Å². The molecule has 0 aliphatic heterocycles. The van der Waals surface area contributed by atoms with E-state index in [-0.39, 0.29) is 0 Å². The molecule has 0 heterocycles. The summed E-state index contributed by atoms with van der Waals surface area (Å²) in [4.78, 5) is 0. The average Bonchev–Trinajstić information content (AvgIpc) is 2.45. The van der Waals surface area contributed by atoms with Gasteiger partial charge in [0.1, 0.15) is 5.75 Å². The maximum absolute atomic E-state index is 9.11. The van der Waals surface area contributed by atoms with E-state index in [2.05, 4.69) is 41.3 Å². The summed E-state index contributed by atoms with van der Waals surface area (Å²) in [6.07, 6.45) is 4.78. The van der Waals surface area contributed by atoms with Crippen molar-refractivity contribution < 1.29 is 18.1 Å². The quantitative estimate of drug-likeness (QED) is 0.397. The van der Waals surface area contributed by atoms with Gasteiger partial charge in [-0.15, -0.1) is 0 Å². The Balaban J connectivity index is 0.000000763. The van der Waals surface area contributed by atoms with Gasteiger partial charge in [0.25, 0.3) is 9.05 Å². The fraction of sp³-hybridized carbons (Fsp3) is 0.571. The maximum atomic E-state index is 9.11. The third-order valence-corrected chi connectivity index (χ3v) is 3.06. The third kappa shape index (κ3) is 16.0. The zero-order valence-corrected chi connectivity index (χ0v) is 15.3. The second-order valence-electron chi connectivity index (χ2n) is 4.58. The lowest BCUT2D eigenvalue weighted by molar-refractivity contribution is 0.414. The summed E-state index contributed by atoms with van der Waals surface area (Å²) < 4.78 is 29.1. The van der Waals surface area contributed by atoms with Crippen LogP contribution in [-0.2, 0) is 26.7 Å². The van der Waals surface area contributed by atoms with E-state index in [1.807, 2.05) is 12.1 Å². The molecule has 0 spiro atoms. The predicted molar refractivity (Wildman–Crippen MR) is 98.0 cm³/mol. The van der Waals surface area contributed by atoms with Crippen molar-refractivity contribution in [3.8, 4) is 5.75 Å². The number of unbranched alkanes of at least 4 members (excludes halogenated alkanes) is 1. The van der Waals surface area contributed by atoms with Crippen LogP contribution in [0.2, 0.25) is 0 Å². The Morgan fingerprint density at radius 3 is 2.23 bits per heavy atom. The van der Waals surface area contributed by atoms with Crippen molar-refractivity contribution in [2.45, 2.75) is 25.7 Å². The Hall–Kier alpha value is -0.380. The van der Waals surface area contributed by atoms with E-state index in [9.17, 15) is 0 Å². The van der Waals surface area contributed by atoms with E-state index >= 15 is 0 Å². The van der Waals surface area contributed by atoms with Gasteiger partial charge in [-0.3, -0.25) is 9.11 Å². The lowest BCUT2D eigenvalue weighted by Gasteiger charge is -2.05. The number of hydrogen-bond acceptors (Lipinski definition) is 5. The van der Waals surface area contributed by atoms with Gasteiger partial charge in [0.15, 0.2) is 0 Å². The topological polar surface area (TPSA) is 78.8 Å². The molecule has 1 aromatic rings. The van der Waals surface area contributed by atoms with E-state index in [1.54, 1.807) is 7.11 Å². The van der Waals surface area contributed by atoms with E-state index in [1.165, 1.54) is 18.4 Å². The second kappa shape index (κ2) is 13.1. The Labute approximate surface area is 143 Å². The van der Waals surface area contributed by atoms with Crippen molar-refractivity contribution in [3.63, 3.8) is 0 Å². The minimum absolute atomic E-state index is 0.933. The number of methoxy groups -OCH3 is 1. The molecule has 1 aromatic carbocycles. The van der Waals surface area contributed by atoms with Crippen LogP contribution in [0.3, 0.4) is 0 Å². The molecule has 0 radical (unpaired) electrons. The largest absolute Gasteiger partial charge is 0.497 e. The molecule has 0 unspecified atom stereocenters. The first kappa shape index (κ1) is 21.6. The lowest BCUT2D eigenvalue weighted by atomic mass is 10.1. The second-order valence-corrected chi connectivity index (χ2v) is 7.23. The summed E-state index contributed by atoms with van der Waals surface area (Å²) >= 11 is 7.64. The number of thiol groups is 1. The molecule has 3 N–H and O–H groups in total. The molecule has 0 saturated carbocycles. The molecule has 1 rings (SSSR count). The molecule has 0 atom stereocenters. The molecule has 22 heavy (non-hydrogen) atoms.